The maximum atomic E-state index is 13.3. The molecule has 2 aliphatic carbocycles. The van der Waals surface area contributed by atoms with Crippen molar-refractivity contribution in [1.82, 2.24) is 30.4 Å². The first-order valence-corrected chi connectivity index (χ1v) is 20.1. The lowest BCUT2D eigenvalue weighted by Gasteiger charge is -2.35. The van der Waals surface area contributed by atoms with Gasteiger partial charge >= 0.3 is 0 Å². The fourth-order valence-corrected chi connectivity index (χ4v) is 9.50. The molecule has 1 aromatic heterocycles. The van der Waals surface area contributed by atoms with Gasteiger partial charge in [0, 0.05) is 70.0 Å². The van der Waals surface area contributed by atoms with E-state index in [4.69, 9.17) is 21.6 Å². The van der Waals surface area contributed by atoms with Gasteiger partial charge in [-0.3, -0.25) is 39.1 Å². The average molecular weight is 792 g/mol. The van der Waals surface area contributed by atoms with Crippen molar-refractivity contribution in [1.29, 1.82) is 5.26 Å². The van der Waals surface area contributed by atoms with E-state index in [0.717, 1.165) is 87.9 Å². The second-order valence-electron chi connectivity index (χ2n) is 15.9. The molecular formula is C41H42ClN9O6. The van der Waals surface area contributed by atoms with E-state index in [-0.39, 0.29) is 30.9 Å². The Bertz CT molecular complexity index is 2170. The van der Waals surface area contributed by atoms with Gasteiger partial charge in [-0.1, -0.05) is 11.6 Å². The van der Waals surface area contributed by atoms with Gasteiger partial charge < -0.3 is 19.9 Å². The second kappa shape index (κ2) is 15.1. The molecule has 4 aliphatic heterocycles. The number of fused-ring (bicyclic) bond motifs is 2. The van der Waals surface area contributed by atoms with E-state index in [0.29, 0.717) is 50.9 Å². The zero-order valence-corrected chi connectivity index (χ0v) is 32.0. The number of hydrogen-bond donors (Lipinski definition) is 2. The Hall–Kier alpha value is -5.59. The van der Waals surface area contributed by atoms with E-state index < -0.39 is 29.7 Å². The third kappa shape index (κ3) is 7.28. The molecule has 1 unspecified atom stereocenters. The van der Waals surface area contributed by atoms with Crippen LogP contribution >= 0.6 is 11.6 Å². The topological polar surface area (TPSA) is 181 Å². The number of imide groups is 2. The van der Waals surface area contributed by atoms with Gasteiger partial charge in [-0.2, -0.15) is 5.26 Å². The summed E-state index contributed by atoms with van der Waals surface area (Å²) in [5.74, 6) is 0.984. The van der Waals surface area contributed by atoms with Crippen LogP contribution in [0.15, 0.2) is 48.8 Å². The molecule has 294 valence electrons. The predicted octanol–water partition coefficient (Wildman–Crippen LogP) is 3.03. The number of hydrogen-bond acceptors (Lipinski definition) is 12. The first-order chi connectivity index (χ1) is 27.6. The van der Waals surface area contributed by atoms with Crippen molar-refractivity contribution in [2.24, 2.45) is 17.8 Å². The summed E-state index contributed by atoms with van der Waals surface area (Å²) in [5, 5.41) is 14.8. The highest BCUT2D eigenvalue weighted by atomic mass is 35.5. The van der Waals surface area contributed by atoms with Gasteiger partial charge in [0.2, 0.25) is 11.8 Å². The Kier molecular flexibility index (Phi) is 9.78. The summed E-state index contributed by atoms with van der Waals surface area (Å²) in [5.41, 5.74) is 2.23. The van der Waals surface area contributed by atoms with E-state index in [1.807, 2.05) is 6.07 Å². The third-order valence-electron chi connectivity index (χ3n) is 12.6. The lowest BCUT2D eigenvalue weighted by atomic mass is 9.93. The van der Waals surface area contributed by atoms with Crippen LogP contribution in [0.4, 0.5) is 11.5 Å². The number of benzene rings is 2. The number of piperidine rings is 2. The molecule has 5 fully saturated rings. The monoisotopic (exact) mass is 791 g/mol. The summed E-state index contributed by atoms with van der Waals surface area (Å²) >= 11 is 6.14. The molecule has 57 heavy (non-hydrogen) atoms. The minimum absolute atomic E-state index is 0.0187. The number of carbonyl (C=O) groups excluding carboxylic acids is 5. The highest BCUT2D eigenvalue weighted by Crippen LogP contribution is 2.53. The molecule has 2 N–H and O–H groups in total. The van der Waals surface area contributed by atoms with Gasteiger partial charge in [-0.05, 0) is 80.2 Å². The standard InChI is InChI=1S/C41H42ClN9O6/c42-33-16-27(5-1-23(33)17-43)57-26-6-2-24(3-7-26)46-38(53)34-18-45-36(19-44-34)49-13-11-48(12-14-49)20-30-31-21-50(22-32(30)31)25-4-8-28-29(15-25)41(56)51(40(28)55)35-9-10-37(52)47-39(35)54/h1,4-5,8,15-16,18-19,24,26,30-32,35H,2-3,6-7,9-14,20-22H2,(H,46,53)(H,47,52,54)/t24-,26-,30-,31-,32+,35?. The third-order valence-corrected chi connectivity index (χ3v) is 12.9. The average Bonchev–Trinajstić information content (AvgIpc) is 3.51. The highest BCUT2D eigenvalue weighted by Gasteiger charge is 2.56. The number of aromatic nitrogens is 2. The van der Waals surface area contributed by atoms with Crippen LogP contribution < -0.4 is 25.2 Å². The lowest BCUT2D eigenvalue weighted by Crippen LogP contribution is -2.54. The number of piperazine rings is 1. The van der Waals surface area contributed by atoms with Crippen LogP contribution in [0, 0.1) is 29.1 Å². The molecule has 9 rings (SSSR count). The van der Waals surface area contributed by atoms with Crippen molar-refractivity contribution < 1.29 is 28.7 Å². The van der Waals surface area contributed by atoms with Crippen LogP contribution in [0.3, 0.4) is 0 Å². The van der Waals surface area contributed by atoms with Crippen molar-refractivity contribution in [3.63, 3.8) is 0 Å². The quantitative estimate of drug-likeness (QED) is 0.303. The van der Waals surface area contributed by atoms with Gasteiger partial charge in [0.05, 0.1) is 40.2 Å². The smallest absolute Gasteiger partial charge is 0.271 e. The zero-order chi connectivity index (χ0) is 39.4. The van der Waals surface area contributed by atoms with E-state index in [2.05, 4.69) is 41.4 Å². The van der Waals surface area contributed by atoms with Crippen molar-refractivity contribution in [3.8, 4) is 11.8 Å². The Labute approximate surface area is 334 Å². The first-order valence-electron chi connectivity index (χ1n) is 19.7. The molecule has 3 aromatic rings. The Morgan fingerprint density at radius 3 is 2.33 bits per heavy atom. The van der Waals surface area contributed by atoms with Crippen LogP contribution in [-0.2, 0) is 9.59 Å². The van der Waals surface area contributed by atoms with Gasteiger partial charge in [0.25, 0.3) is 17.7 Å². The van der Waals surface area contributed by atoms with Gasteiger partial charge in [0.15, 0.2) is 0 Å². The van der Waals surface area contributed by atoms with E-state index in [1.54, 1.807) is 42.7 Å². The maximum absolute atomic E-state index is 13.3. The van der Waals surface area contributed by atoms with Crippen molar-refractivity contribution >= 4 is 52.6 Å². The molecular weight excluding hydrogens is 750 g/mol. The molecule has 3 saturated heterocycles. The summed E-state index contributed by atoms with van der Waals surface area (Å²) in [7, 11) is 0. The number of halogens is 1. The highest BCUT2D eigenvalue weighted by molar-refractivity contribution is 6.31. The number of carbonyl (C=O) groups is 5. The summed E-state index contributed by atoms with van der Waals surface area (Å²) in [4.78, 5) is 80.5. The minimum atomic E-state index is -0.971. The number of ether oxygens (including phenoxy) is 1. The molecule has 5 heterocycles. The molecule has 0 spiro atoms. The van der Waals surface area contributed by atoms with Crippen molar-refractivity contribution in [2.75, 3.05) is 55.6 Å². The molecule has 2 aromatic carbocycles. The van der Waals surface area contributed by atoms with E-state index >= 15 is 0 Å². The first kappa shape index (κ1) is 37.0. The molecule has 5 amide bonds. The number of nitrogens with one attached hydrogen (secondary N) is 2. The van der Waals surface area contributed by atoms with Gasteiger partial charge in [-0.25, -0.2) is 9.97 Å². The largest absolute Gasteiger partial charge is 0.490 e. The molecule has 4 atom stereocenters. The number of amides is 5. The number of nitriles is 1. The maximum Gasteiger partial charge on any atom is 0.271 e. The predicted molar refractivity (Wildman–Crippen MR) is 207 cm³/mol. The molecule has 6 aliphatic rings. The number of anilines is 2. The Morgan fingerprint density at radius 1 is 0.895 bits per heavy atom. The number of rotatable bonds is 9. The second-order valence-corrected chi connectivity index (χ2v) is 16.3. The fraction of sp³-hybridized carbons (Fsp3) is 0.463. The molecule has 16 heteroatoms. The summed E-state index contributed by atoms with van der Waals surface area (Å²) in [6.07, 6.45) is 6.64. The van der Waals surface area contributed by atoms with Crippen molar-refractivity contribution in [2.45, 2.75) is 56.7 Å². The van der Waals surface area contributed by atoms with Crippen LogP contribution in [0.1, 0.15) is 75.3 Å². The van der Waals surface area contributed by atoms with E-state index in [9.17, 15) is 24.0 Å². The number of nitrogens with zero attached hydrogens (tertiary/aromatic N) is 7. The van der Waals surface area contributed by atoms with Crippen molar-refractivity contribution in [3.05, 3.63) is 76.2 Å². The SMILES string of the molecule is N#Cc1ccc(O[C@H]2CC[C@H](NC(=O)c3cnc(N4CCN(C[C@@H]5[C@H]6CN(c7ccc8c(c7)C(=O)N(C7CCC(=O)NC7=O)C8=O)C[C@@H]56)CC4)cn3)CC2)cc1Cl. The summed E-state index contributed by atoms with van der Waals surface area (Å²) in [6.45, 7) is 6.31. The summed E-state index contributed by atoms with van der Waals surface area (Å²) < 4.78 is 6.08. The van der Waals surface area contributed by atoms with Gasteiger partial charge in [-0.15, -0.1) is 0 Å². The van der Waals surface area contributed by atoms with Crippen LogP contribution in [0.25, 0.3) is 0 Å². The van der Waals surface area contributed by atoms with Crippen LogP contribution in [0.2, 0.25) is 5.02 Å². The molecule has 2 saturated carbocycles. The Morgan fingerprint density at radius 2 is 1.65 bits per heavy atom. The zero-order valence-electron chi connectivity index (χ0n) is 31.2. The van der Waals surface area contributed by atoms with Gasteiger partial charge in [0.1, 0.15) is 29.4 Å². The molecule has 0 bridgehead atoms. The van der Waals surface area contributed by atoms with E-state index in [1.165, 1.54) is 0 Å². The summed E-state index contributed by atoms with van der Waals surface area (Å²) in [6, 6.07) is 11.5. The van der Waals surface area contributed by atoms with Crippen LogP contribution in [-0.4, -0.2) is 113 Å². The minimum Gasteiger partial charge on any atom is -0.490 e. The Balaban J connectivity index is 0.701. The fourth-order valence-electron chi connectivity index (χ4n) is 9.28. The lowest BCUT2D eigenvalue weighted by molar-refractivity contribution is -0.136. The molecule has 0 radical (unpaired) electrons. The van der Waals surface area contributed by atoms with Crippen LogP contribution in [0.5, 0.6) is 5.75 Å². The normalized spacial score (nSPS) is 27.1. The molecule has 15 nitrogen and oxygen atoms in total.